The summed E-state index contributed by atoms with van der Waals surface area (Å²) in [6, 6.07) is 0. The van der Waals surface area contributed by atoms with E-state index in [9.17, 15) is 4.79 Å². The van der Waals surface area contributed by atoms with Crippen LogP contribution in [0.4, 0.5) is 0 Å². The van der Waals surface area contributed by atoms with Gasteiger partial charge in [-0.15, -0.1) is 0 Å². The molecule has 0 spiro atoms. The van der Waals surface area contributed by atoms with Crippen LogP contribution in [0, 0.1) is 6.92 Å². The van der Waals surface area contributed by atoms with Crippen LogP contribution in [0.1, 0.15) is 28.7 Å². The lowest BCUT2D eigenvalue weighted by atomic mass is 10.1. The minimum Gasteiger partial charge on any atom is -0.395 e. The third kappa shape index (κ3) is 3.04. The Hall–Kier alpha value is -1.40. The van der Waals surface area contributed by atoms with E-state index in [1.807, 2.05) is 6.92 Å². The van der Waals surface area contributed by atoms with Gasteiger partial charge >= 0.3 is 0 Å². The summed E-state index contributed by atoms with van der Waals surface area (Å²) in [5.74, 6) is 0.205. The van der Waals surface area contributed by atoms with E-state index < -0.39 is 0 Å². The van der Waals surface area contributed by atoms with Crippen LogP contribution in [0.3, 0.4) is 0 Å². The van der Waals surface area contributed by atoms with Crippen LogP contribution < -0.4 is 0 Å². The minimum atomic E-state index is -0.260. The van der Waals surface area contributed by atoms with Crippen molar-refractivity contribution >= 4 is 5.91 Å². The van der Waals surface area contributed by atoms with E-state index in [-0.39, 0.29) is 32.2 Å². The molecule has 1 rings (SSSR count). The number of rotatable bonds is 6. The first-order valence-corrected chi connectivity index (χ1v) is 5.61. The second-order valence-electron chi connectivity index (χ2n) is 3.65. The Morgan fingerprint density at radius 1 is 1.35 bits per heavy atom. The maximum atomic E-state index is 12.2. The number of aliphatic hydroxyl groups excluding tert-OH is 2. The number of aryl methyl sites for hydroxylation is 2. The Kier molecular flexibility index (Phi) is 5.11. The van der Waals surface area contributed by atoms with Gasteiger partial charge in [0.2, 0.25) is 0 Å². The monoisotopic (exact) mass is 242 g/mol. The SMILES string of the molecule is CCc1noc(C)c1C(=O)N(CCO)CCO. The van der Waals surface area contributed by atoms with Crippen LogP contribution in [0.5, 0.6) is 0 Å². The third-order valence-corrected chi connectivity index (χ3v) is 2.51. The molecule has 0 radical (unpaired) electrons. The third-order valence-electron chi connectivity index (χ3n) is 2.51. The number of amides is 1. The van der Waals surface area contributed by atoms with Gasteiger partial charge in [-0.25, -0.2) is 0 Å². The molecule has 1 aromatic rings. The number of carbonyl (C=O) groups excluding carboxylic acids is 1. The fraction of sp³-hybridized carbons (Fsp3) is 0.636. The molecule has 96 valence electrons. The summed E-state index contributed by atoms with van der Waals surface area (Å²) in [4.78, 5) is 13.6. The predicted octanol–water partition coefficient (Wildman–Crippen LogP) is -0.0278. The second kappa shape index (κ2) is 6.36. The normalized spacial score (nSPS) is 10.6. The van der Waals surface area contributed by atoms with Crippen molar-refractivity contribution in [3.05, 3.63) is 17.0 Å². The number of aromatic nitrogens is 1. The zero-order valence-corrected chi connectivity index (χ0v) is 10.1. The fourth-order valence-corrected chi connectivity index (χ4v) is 1.65. The van der Waals surface area contributed by atoms with Crippen LogP contribution in [-0.2, 0) is 6.42 Å². The molecule has 2 N–H and O–H groups in total. The highest BCUT2D eigenvalue weighted by atomic mass is 16.5. The summed E-state index contributed by atoms with van der Waals surface area (Å²) >= 11 is 0. The van der Waals surface area contributed by atoms with Crippen LogP contribution >= 0.6 is 0 Å². The maximum Gasteiger partial charge on any atom is 0.259 e. The van der Waals surface area contributed by atoms with E-state index >= 15 is 0 Å². The van der Waals surface area contributed by atoms with Gasteiger partial charge in [0.05, 0.1) is 18.9 Å². The summed E-state index contributed by atoms with van der Waals surface area (Å²) in [5.41, 5.74) is 1.04. The van der Waals surface area contributed by atoms with Crippen molar-refractivity contribution in [2.45, 2.75) is 20.3 Å². The molecule has 0 saturated heterocycles. The standard InChI is InChI=1S/C11H18N2O4/c1-3-9-10(8(2)17-12-9)11(16)13(4-6-14)5-7-15/h14-15H,3-7H2,1-2H3. The zero-order valence-electron chi connectivity index (χ0n) is 10.1. The largest absolute Gasteiger partial charge is 0.395 e. The predicted molar refractivity (Wildman–Crippen MR) is 60.7 cm³/mol. The lowest BCUT2D eigenvalue weighted by Gasteiger charge is -2.20. The Labute approximate surface area is 99.8 Å². The summed E-state index contributed by atoms with van der Waals surface area (Å²) in [6.45, 7) is 3.65. The van der Waals surface area contributed by atoms with Gasteiger partial charge < -0.3 is 19.6 Å². The van der Waals surface area contributed by atoms with Crippen molar-refractivity contribution in [1.29, 1.82) is 0 Å². The molecule has 1 amide bonds. The van der Waals surface area contributed by atoms with Gasteiger partial charge in [0.25, 0.3) is 5.91 Å². The highest BCUT2D eigenvalue weighted by Gasteiger charge is 2.23. The molecule has 6 nitrogen and oxygen atoms in total. The van der Waals surface area contributed by atoms with Gasteiger partial charge in [0.15, 0.2) is 0 Å². The Bertz CT molecular complexity index is 370. The Morgan fingerprint density at radius 3 is 2.41 bits per heavy atom. The highest BCUT2D eigenvalue weighted by molar-refractivity contribution is 5.96. The molecular formula is C11H18N2O4. The molecule has 1 aromatic heterocycles. The summed E-state index contributed by atoms with van der Waals surface area (Å²) in [5, 5.41) is 21.6. The summed E-state index contributed by atoms with van der Waals surface area (Å²) < 4.78 is 4.99. The van der Waals surface area contributed by atoms with Gasteiger partial charge in [-0.3, -0.25) is 4.79 Å². The van der Waals surface area contributed by atoms with E-state index in [4.69, 9.17) is 14.7 Å². The molecule has 0 aliphatic carbocycles. The quantitative estimate of drug-likeness (QED) is 0.731. The van der Waals surface area contributed by atoms with Crippen LogP contribution in [0.25, 0.3) is 0 Å². The fourth-order valence-electron chi connectivity index (χ4n) is 1.65. The molecule has 0 unspecified atom stereocenters. The minimum absolute atomic E-state index is 0.141. The van der Waals surface area contributed by atoms with Gasteiger partial charge in [-0.1, -0.05) is 12.1 Å². The van der Waals surface area contributed by atoms with Crippen molar-refractivity contribution in [3.63, 3.8) is 0 Å². The first-order valence-electron chi connectivity index (χ1n) is 5.61. The molecule has 17 heavy (non-hydrogen) atoms. The molecule has 0 bridgehead atoms. The molecule has 0 atom stereocenters. The van der Waals surface area contributed by atoms with E-state index in [1.54, 1.807) is 6.92 Å². The van der Waals surface area contributed by atoms with Gasteiger partial charge in [-0.05, 0) is 13.3 Å². The average Bonchev–Trinajstić information content (AvgIpc) is 2.69. The summed E-state index contributed by atoms with van der Waals surface area (Å²) in [7, 11) is 0. The Morgan fingerprint density at radius 2 is 1.94 bits per heavy atom. The molecule has 0 aliphatic rings. The zero-order chi connectivity index (χ0) is 12.8. The first kappa shape index (κ1) is 13.7. The average molecular weight is 242 g/mol. The molecule has 0 fully saturated rings. The number of hydrogen-bond acceptors (Lipinski definition) is 5. The van der Waals surface area contributed by atoms with Crippen molar-refractivity contribution in [3.8, 4) is 0 Å². The van der Waals surface area contributed by atoms with E-state index in [2.05, 4.69) is 5.16 Å². The molecule has 6 heteroatoms. The maximum absolute atomic E-state index is 12.2. The van der Waals surface area contributed by atoms with Crippen molar-refractivity contribution < 1.29 is 19.5 Å². The van der Waals surface area contributed by atoms with Crippen LogP contribution in [0.15, 0.2) is 4.52 Å². The van der Waals surface area contributed by atoms with Crippen molar-refractivity contribution in [1.82, 2.24) is 10.1 Å². The lowest BCUT2D eigenvalue weighted by molar-refractivity contribution is 0.0682. The highest BCUT2D eigenvalue weighted by Crippen LogP contribution is 2.16. The molecule has 0 aliphatic heterocycles. The van der Waals surface area contributed by atoms with Gasteiger partial charge in [0.1, 0.15) is 11.3 Å². The van der Waals surface area contributed by atoms with E-state index in [1.165, 1.54) is 4.90 Å². The molecular weight excluding hydrogens is 224 g/mol. The smallest absolute Gasteiger partial charge is 0.259 e. The topological polar surface area (TPSA) is 86.8 Å². The number of hydrogen-bond donors (Lipinski definition) is 2. The number of carbonyl (C=O) groups is 1. The number of aliphatic hydroxyl groups is 2. The molecule has 0 saturated carbocycles. The van der Waals surface area contributed by atoms with Gasteiger partial charge in [0, 0.05) is 13.1 Å². The van der Waals surface area contributed by atoms with Crippen molar-refractivity contribution in [2.24, 2.45) is 0 Å². The first-order chi connectivity index (χ1) is 8.15. The second-order valence-corrected chi connectivity index (χ2v) is 3.65. The molecule has 0 aromatic carbocycles. The number of nitrogens with zero attached hydrogens (tertiary/aromatic N) is 2. The molecule has 1 heterocycles. The van der Waals surface area contributed by atoms with E-state index in [0.717, 1.165) is 0 Å². The van der Waals surface area contributed by atoms with Crippen molar-refractivity contribution in [2.75, 3.05) is 26.3 Å². The van der Waals surface area contributed by atoms with E-state index in [0.29, 0.717) is 23.4 Å². The van der Waals surface area contributed by atoms with Gasteiger partial charge in [-0.2, -0.15) is 0 Å². The lowest BCUT2D eigenvalue weighted by Crippen LogP contribution is -2.36. The van der Waals surface area contributed by atoms with Crippen LogP contribution in [-0.4, -0.2) is 52.5 Å². The Balaban J connectivity index is 2.95. The van der Waals surface area contributed by atoms with Crippen LogP contribution in [0.2, 0.25) is 0 Å². The summed E-state index contributed by atoms with van der Waals surface area (Å²) in [6.07, 6.45) is 0.602.